The zero-order chi connectivity index (χ0) is 13.0. The fraction of sp³-hybridized carbons (Fsp3) is 0.462. The first-order valence-electron chi connectivity index (χ1n) is 5.87. The lowest BCUT2D eigenvalue weighted by Gasteiger charge is -2.46. The molecule has 1 aliphatic heterocycles. The van der Waals surface area contributed by atoms with Gasteiger partial charge in [0.1, 0.15) is 6.61 Å². The zero-order valence-corrected chi connectivity index (χ0v) is 13.1. The van der Waals surface area contributed by atoms with Crippen molar-refractivity contribution < 1.29 is 9.53 Å². The first-order chi connectivity index (χ1) is 8.76. The molecule has 2 atom stereocenters. The molecule has 5 heteroatoms. The highest BCUT2D eigenvalue weighted by molar-refractivity contribution is 9.09. The molecule has 18 heavy (non-hydrogen) atoms. The average molecular weight is 377 g/mol. The maximum Gasteiger partial charge on any atom is 0.410 e. The van der Waals surface area contributed by atoms with Gasteiger partial charge in [-0.25, -0.2) is 4.79 Å². The van der Waals surface area contributed by atoms with E-state index in [-0.39, 0.29) is 18.2 Å². The molecule has 1 aromatic carbocycles. The lowest BCUT2D eigenvalue weighted by Crippen LogP contribution is -2.60. The third kappa shape index (κ3) is 3.06. The fourth-order valence-corrected chi connectivity index (χ4v) is 3.22. The molecule has 1 fully saturated rings. The summed E-state index contributed by atoms with van der Waals surface area (Å²) in [5.74, 6) is 0. The van der Waals surface area contributed by atoms with Crippen molar-refractivity contribution in [2.24, 2.45) is 0 Å². The minimum Gasteiger partial charge on any atom is -0.445 e. The second kappa shape index (κ2) is 6.57. The number of hydrogen-bond acceptors (Lipinski definition) is 2. The van der Waals surface area contributed by atoms with Crippen molar-refractivity contribution in [3.8, 4) is 0 Å². The number of hydrogen-bond donors (Lipinski definition) is 0. The third-order valence-electron chi connectivity index (χ3n) is 3.10. The minimum absolute atomic E-state index is 0.223. The van der Waals surface area contributed by atoms with Crippen molar-refractivity contribution in [3.63, 3.8) is 0 Å². The van der Waals surface area contributed by atoms with Gasteiger partial charge in [-0.1, -0.05) is 62.2 Å². The summed E-state index contributed by atoms with van der Waals surface area (Å²) in [6.07, 6.45) is 0.802. The van der Waals surface area contributed by atoms with E-state index in [0.29, 0.717) is 6.61 Å². The summed E-state index contributed by atoms with van der Waals surface area (Å²) in [4.78, 5) is 13.8. The lowest BCUT2D eigenvalue weighted by atomic mass is 9.97. The number of carbonyl (C=O) groups is 1. The number of benzene rings is 1. The van der Waals surface area contributed by atoms with Crippen molar-refractivity contribution in [2.75, 3.05) is 10.7 Å². The molecule has 0 N–H and O–H groups in total. The lowest BCUT2D eigenvalue weighted by molar-refractivity contribution is 0.0207. The molecule has 0 saturated carbocycles. The summed E-state index contributed by atoms with van der Waals surface area (Å²) in [6, 6.07) is 10.3. The summed E-state index contributed by atoms with van der Waals surface area (Å²) in [7, 11) is 0. The maximum absolute atomic E-state index is 12.0. The average Bonchev–Trinajstić information content (AvgIpc) is 2.37. The molecule has 0 unspecified atom stereocenters. The Bertz CT molecular complexity index is 389. The van der Waals surface area contributed by atoms with E-state index in [9.17, 15) is 4.79 Å². The highest BCUT2D eigenvalue weighted by atomic mass is 79.9. The number of halogens is 2. The molecule has 0 aromatic heterocycles. The van der Waals surface area contributed by atoms with Gasteiger partial charge < -0.3 is 9.64 Å². The Morgan fingerprint density at radius 2 is 1.83 bits per heavy atom. The van der Waals surface area contributed by atoms with Crippen LogP contribution in [0.2, 0.25) is 0 Å². The summed E-state index contributed by atoms with van der Waals surface area (Å²) in [6.45, 7) is 0.334. The van der Waals surface area contributed by atoms with Gasteiger partial charge in [0.2, 0.25) is 0 Å². The molecule has 1 aliphatic rings. The Balaban J connectivity index is 1.87. The first kappa shape index (κ1) is 13.9. The van der Waals surface area contributed by atoms with Crippen molar-refractivity contribution in [1.29, 1.82) is 0 Å². The van der Waals surface area contributed by atoms with E-state index in [4.69, 9.17) is 4.74 Å². The van der Waals surface area contributed by atoms with E-state index in [1.54, 1.807) is 0 Å². The maximum atomic E-state index is 12.0. The summed E-state index contributed by atoms with van der Waals surface area (Å²) in [5, 5.41) is 1.61. The van der Waals surface area contributed by atoms with Crippen LogP contribution >= 0.6 is 31.9 Å². The van der Waals surface area contributed by atoms with E-state index in [1.165, 1.54) is 0 Å². The standard InChI is InChI=1S/C13H15Br2NO2/c14-7-11-6-12(8-15)16(11)13(17)18-9-10-4-2-1-3-5-10/h1-5,11-12H,6-9H2/t11-,12+. The van der Waals surface area contributed by atoms with Crippen LogP contribution < -0.4 is 0 Å². The zero-order valence-electron chi connectivity index (χ0n) is 9.89. The Hall–Kier alpha value is -0.550. The highest BCUT2D eigenvalue weighted by Crippen LogP contribution is 2.29. The number of likely N-dealkylation sites (tertiary alicyclic amines) is 1. The van der Waals surface area contributed by atoms with E-state index >= 15 is 0 Å². The number of amides is 1. The van der Waals surface area contributed by atoms with Gasteiger partial charge in [-0.05, 0) is 12.0 Å². The van der Waals surface area contributed by atoms with Crippen LogP contribution in [0.1, 0.15) is 12.0 Å². The molecular formula is C13H15Br2NO2. The van der Waals surface area contributed by atoms with Gasteiger partial charge in [0.15, 0.2) is 0 Å². The minimum atomic E-state index is -0.223. The number of rotatable bonds is 4. The van der Waals surface area contributed by atoms with Crippen LogP contribution in [0.3, 0.4) is 0 Å². The number of ether oxygens (including phenoxy) is 1. The van der Waals surface area contributed by atoms with E-state index in [2.05, 4.69) is 31.9 Å². The Kier molecular flexibility index (Phi) is 5.06. The topological polar surface area (TPSA) is 29.5 Å². The molecule has 0 spiro atoms. The molecule has 0 radical (unpaired) electrons. The van der Waals surface area contributed by atoms with E-state index in [1.807, 2.05) is 35.2 Å². The van der Waals surface area contributed by atoms with Gasteiger partial charge in [0.05, 0.1) is 0 Å². The van der Waals surface area contributed by atoms with Crippen LogP contribution in [0.5, 0.6) is 0 Å². The molecule has 1 saturated heterocycles. The van der Waals surface area contributed by atoms with Gasteiger partial charge in [-0.15, -0.1) is 0 Å². The molecule has 1 amide bonds. The summed E-state index contributed by atoms with van der Waals surface area (Å²) >= 11 is 6.85. The summed E-state index contributed by atoms with van der Waals surface area (Å²) < 4.78 is 5.34. The molecule has 2 rings (SSSR count). The molecule has 1 heterocycles. The SMILES string of the molecule is O=C(OCc1ccccc1)N1[C@H](CBr)C[C@@H]1CBr. The molecular weight excluding hydrogens is 362 g/mol. The molecule has 0 aliphatic carbocycles. The number of nitrogens with zero attached hydrogens (tertiary/aromatic N) is 1. The van der Waals surface area contributed by atoms with Gasteiger partial charge in [-0.2, -0.15) is 0 Å². The van der Waals surface area contributed by atoms with Gasteiger partial charge in [0.25, 0.3) is 0 Å². The quantitative estimate of drug-likeness (QED) is 0.752. The molecule has 3 nitrogen and oxygen atoms in total. The second-order valence-electron chi connectivity index (χ2n) is 4.30. The van der Waals surface area contributed by atoms with Crippen LogP contribution in [-0.4, -0.2) is 33.7 Å². The third-order valence-corrected chi connectivity index (χ3v) is 4.60. The predicted octanol–water partition coefficient (Wildman–Crippen LogP) is 3.56. The smallest absolute Gasteiger partial charge is 0.410 e. The van der Waals surface area contributed by atoms with Crippen LogP contribution in [0, 0.1) is 0 Å². The van der Waals surface area contributed by atoms with Crippen molar-refractivity contribution in [2.45, 2.75) is 25.1 Å². The van der Waals surface area contributed by atoms with Crippen LogP contribution in [0.4, 0.5) is 4.79 Å². The normalized spacial score (nSPS) is 22.4. The second-order valence-corrected chi connectivity index (χ2v) is 5.59. The first-order valence-corrected chi connectivity index (χ1v) is 8.11. The highest BCUT2D eigenvalue weighted by Gasteiger charge is 2.41. The van der Waals surface area contributed by atoms with Crippen LogP contribution in [-0.2, 0) is 11.3 Å². The van der Waals surface area contributed by atoms with Crippen molar-refractivity contribution >= 4 is 38.0 Å². The Morgan fingerprint density at radius 1 is 1.22 bits per heavy atom. The van der Waals surface area contributed by atoms with E-state index in [0.717, 1.165) is 22.6 Å². The van der Waals surface area contributed by atoms with Crippen LogP contribution in [0.25, 0.3) is 0 Å². The van der Waals surface area contributed by atoms with Gasteiger partial charge in [-0.3, -0.25) is 0 Å². The predicted molar refractivity (Wildman–Crippen MR) is 78.2 cm³/mol. The number of carbonyl (C=O) groups excluding carboxylic acids is 1. The molecule has 98 valence electrons. The van der Waals surface area contributed by atoms with Crippen molar-refractivity contribution in [1.82, 2.24) is 4.90 Å². The Morgan fingerprint density at radius 3 is 2.39 bits per heavy atom. The van der Waals surface area contributed by atoms with Crippen LogP contribution in [0.15, 0.2) is 30.3 Å². The molecule has 0 bridgehead atoms. The largest absolute Gasteiger partial charge is 0.445 e. The van der Waals surface area contributed by atoms with Crippen molar-refractivity contribution in [3.05, 3.63) is 35.9 Å². The fourth-order valence-electron chi connectivity index (χ4n) is 2.07. The Labute approximate surface area is 124 Å². The summed E-state index contributed by atoms with van der Waals surface area (Å²) in [5.41, 5.74) is 1.01. The van der Waals surface area contributed by atoms with Gasteiger partial charge in [0, 0.05) is 22.7 Å². The monoisotopic (exact) mass is 375 g/mol. The van der Waals surface area contributed by atoms with E-state index < -0.39 is 0 Å². The number of alkyl halides is 2. The van der Waals surface area contributed by atoms with Gasteiger partial charge >= 0.3 is 6.09 Å². The molecule has 1 aromatic rings.